The number of aryl methyl sites for hydroxylation is 1. The first kappa shape index (κ1) is 40.6. The summed E-state index contributed by atoms with van der Waals surface area (Å²) in [5, 5.41) is 26.4. The Balaban J connectivity index is 0.810. The first-order chi connectivity index (χ1) is 29.2. The average molecular weight is 855 g/mol. The van der Waals surface area contributed by atoms with Crippen LogP contribution in [-0.2, 0) is 22.1 Å². The molecule has 0 radical (unpaired) electrons. The van der Waals surface area contributed by atoms with Crippen molar-refractivity contribution < 1.29 is 36.6 Å². The number of hydrogen-bond acceptors (Lipinski definition) is 11. The summed E-state index contributed by atoms with van der Waals surface area (Å²) in [4.78, 5) is 37.6. The second kappa shape index (κ2) is 15.6. The average Bonchev–Trinajstić information content (AvgIpc) is 3.51. The van der Waals surface area contributed by atoms with Crippen molar-refractivity contribution in [3.63, 3.8) is 0 Å². The van der Waals surface area contributed by atoms with E-state index in [2.05, 4.69) is 25.0 Å². The lowest BCUT2D eigenvalue weighted by atomic mass is 9.56. The summed E-state index contributed by atoms with van der Waals surface area (Å²) in [5.41, 5.74) is 3.13. The van der Waals surface area contributed by atoms with E-state index >= 15 is 8.78 Å². The van der Waals surface area contributed by atoms with Crippen LogP contribution >= 0.6 is 0 Å². The Kier molecular flexibility index (Phi) is 10.4. The summed E-state index contributed by atoms with van der Waals surface area (Å²) in [6.07, 6.45) is 7.61. The van der Waals surface area contributed by atoms with Gasteiger partial charge in [0, 0.05) is 76.3 Å². The number of hydrogen-bond donors (Lipinski definition) is 3. The number of rotatable bonds is 11. The summed E-state index contributed by atoms with van der Waals surface area (Å²) in [6.45, 7) is 1.61. The molecule has 61 heavy (non-hydrogen) atoms. The number of carbonyl (C=O) groups is 2. The van der Waals surface area contributed by atoms with E-state index in [1.54, 1.807) is 36.1 Å². The smallest absolute Gasteiger partial charge is 0.329 e. The fourth-order valence-electron chi connectivity index (χ4n) is 9.55. The number of aliphatic hydroxyl groups is 1. The maximum atomic E-state index is 15.7. The fourth-order valence-corrected chi connectivity index (χ4v) is 10.5. The molecule has 318 valence electrons. The number of amides is 3. The zero-order valence-corrected chi connectivity index (χ0v) is 34.4. The molecule has 9 rings (SSSR count). The van der Waals surface area contributed by atoms with Crippen LogP contribution in [0, 0.1) is 28.4 Å². The Labute approximate surface area is 350 Å². The Hall–Kier alpha value is -5.81. The summed E-state index contributed by atoms with van der Waals surface area (Å²) < 4.78 is 66.9. The van der Waals surface area contributed by atoms with E-state index in [0.29, 0.717) is 33.8 Å². The number of nitriles is 1. The van der Waals surface area contributed by atoms with E-state index in [0.717, 1.165) is 79.3 Å². The van der Waals surface area contributed by atoms with Gasteiger partial charge in [0.15, 0.2) is 17.4 Å². The fraction of sp³-hybridized carbons (Fsp3) is 0.429. The van der Waals surface area contributed by atoms with Crippen LogP contribution in [0.2, 0.25) is 0 Å². The zero-order chi connectivity index (χ0) is 42.8. The zero-order valence-electron chi connectivity index (χ0n) is 33.6. The molecular weight excluding hydrogens is 811 g/mol. The second-order valence-corrected chi connectivity index (χ2v) is 18.5. The van der Waals surface area contributed by atoms with E-state index in [1.165, 1.54) is 18.0 Å². The lowest BCUT2D eigenvalue weighted by molar-refractivity contribution is -0.120. The number of halogens is 2. The standard InChI is InChI=1S/C42H44F2N10O6S/c1-51(13-14-55)61(58,59)50-33-10-8-31(43)39(30(33)20-45)60-27-7-9-34-35(15-27)47-36(21-46-34)25-18-42(19-25)22-53(23-42)26-5-3-24(4-6-26)28-17-37-29(16-32(28)44)40(49-52(37)2)54-12-11-38(56)48-41(54)57/h7-10,15-17,21,24-26,50,55H,3-6,11-14,18-19,22-23H2,1-2H3,(H,48,56,57). The predicted octanol–water partition coefficient (Wildman–Crippen LogP) is 5.39. The molecule has 2 aromatic heterocycles. The minimum atomic E-state index is -4.14. The van der Waals surface area contributed by atoms with Gasteiger partial charge in [-0.3, -0.25) is 34.3 Å². The van der Waals surface area contributed by atoms with Crippen LogP contribution in [0.3, 0.4) is 0 Å². The molecule has 3 amide bonds. The van der Waals surface area contributed by atoms with Gasteiger partial charge >= 0.3 is 16.2 Å². The van der Waals surface area contributed by atoms with Gasteiger partial charge in [0.25, 0.3) is 0 Å². The van der Waals surface area contributed by atoms with E-state index in [4.69, 9.17) is 14.8 Å². The van der Waals surface area contributed by atoms with Gasteiger partial charge in [0.1, 0.15) is 23.2 Å². The number of nitrogens with one attached hydrogen (secondary N) is 2. The van der Waals surface area contributed by atoms with Crippen LogP contribution < -0.4 is 19.7 Å². The Morgan fingerprint density at radius 2 is 1.82 bits per heavy atom. The number of urea groups is 1. The maximum Gasteiger partial charge on any atom is 0.329 e. The van der Waals surface area contributed by atoms with Gasteiger partial charge in [0.05, 0.1) is 34.5 Å². The van der Waals surface area contributed by atoms with Crippen molar-refractivity contribution in [3.05, 3.63) is 77.1 Å². The third-order valence-electron chi connectivity index (χ3n) is 12.8. The summed E-state index contributed by atoms with van der Waals surface area (Å²) in [7, 11) is -1.11. The minimum Gasteiger partial charge on any atom is -0.453 e. The van der Waals surface area contributed by atoms with Crippen molar-refractivity contribution in [3.8, 4) is 17.6 Å². The van der Waals surface area contributed by atoms with Crippen LogP contribution in [0.25, 0.3) is 21.9 Å². The molecule has 2 aliphatic heterocycles. The number of fused-ring (bicyclic) bond motifs is 2. The molecule has 16 nitrogen and oxygen atoms in total. The van der Waals surface area contributed by atoms with Crippen molar-refractivity contribution in [1.82, 2.24) is 34.3 Å². The highest BCUT2D eigenvalue weighted by atomic mass is 32.2. The van der Waals surface area contributed by atoms with E-state index in [1.807, 2.05) is 12.1 Å². The number of carbonyl (C=O) groups excluding carboxylic acids is 2. The number of imide groups is 1. The molecule has 4 fully saturated rings. The van der Waals surface area contributed by atoms with Crippen molar-refractivity contribution >= 4 is 55.6 Å². The molecule has 4 aliphatic rings. The van der Waals surface area contributed by atoms with E-state index in [9.17, 15) is 23.3 Å². The predicted molar refractivity (Wildman–Crippen MR) is 220 cm³/mol. The maximum absolute atomic E-state index is 15.7. The molecule has 3 N–H and O–H groups in total. The normalized spacial score (nSPS) is 20.8. The minimum absolute atomic E-state index is 0.0825. The van der Waals surface area contributed by atoms with E-state index < -0.39 is 34.4 Å². The molecule has 2 aliphatic carbocycles. The Morgan fingerprint density at radius 1 is 1.05 bits per heavy atom. The Bertz CT molecular complexity index is 2740. The number of ether oxygens (including phenoxy) is 1. The quantitative estimate of drug-likeness (QED) is 0.154. The van der Waals surface area contributed by atoms with Crippen LogP contribution in [0.15, 0.2) is 48.7 Å². The summed E-state index contributed by atoms with van der Waals surface area (Å²) in [5.74, 6) is -1.10. The molecule has 19 heteroatoms. The number of benzene rings is 3. The molecule has 5 aromatic rings. The van der Waals surface area contributed by atoms with Crippen LogP contribution in [-0.4, -0.2) is 100 Å². The first-order valence-electron chi connectivity index (χ1n) is 20.3. The Morgan fingerprint density at radius 3 is 2.54 bits per heavy atom. The first-order valence-corrected chi connectivity index (χ1v) is 21.7. The van der Waals surface area contributed by atoms with Crippen LogP contribution in [0.4, 0.5) is 25.1 Å². The second-order valence-electron chi connectivity index (χ2n) is 16.7. The summed E-state index contributed by atoms with van der Waals surface area (Å²) >= 11 is 0. The highest BCUT2D eigenvalue weighted by molar-refractivity contribution is 7.90. The van der Waals surface area contributed by atoms with Gasteiger partial charge < -0.3 is 9.84 Å². The molecule has 2 saturated heterocycles. The van der Waals surface area contributed by atoms with Gasteiger partial charge in [0.2, 0.25) is 5.91 Å². The molecule has 1 spiro atoms. The highest BCUT2D eigenvalue weighted by Gasteiger charge is 2.54. The number of anilines is 2. The van der Waals surface area contributed by atoms with Crippen molar-refractivity contribution in [1.29, 1.82) is 5.26 Å². The molecule has 4 heterocycles. The number of likely N-dealkylation sites (tertiary alicyclic amines) is 1. The molecule has 2 saturated carbocycles. The van der Waals surface area contributed by atoms with Gasteiger partial charge in [-0.05, 0) is 91.8 Å². The van der Waals surface area contributed by atoms with Gasteiger partial charge in [-0.15, -0.1) is 0 Å². The monoisotopic (exact) mass is 854 g/mol. The highest BCUT2D eigenvalue weighted by Crippen LogP contribution is 2.57. The SMILES string of the molecule is CN(CCO)S(=O)(=O)Nc1ccc(F)c(Oc2ccc3ncc(C4CC5(C4)CN(C4CCC(c6cc7c(cc6F)c(N6CCC(=O)NC6=O)nn7C)CC4)C5)nc3c2)c1C#N. The van der Waals surface area contributed by atoms with Crippen LogP contribution in [0.1, 0.15) is 73.6 Å². The lowest BCUT2D eigenvalue weighted by Gasteiger charge is -2.61. The van der Waals surface area contributed by atoms with Crippen molar-refractivity contribution in [2.45, 2.75) is 62.8 Å². The van der Waals surface area contributed by atoms with Crippen LogP contribution in [0.5, 0.6) is 11.5 Å². The third-order valence-corrected chi connectivity index (χ3v) is 14.3. The van der Waals surface area contributed by atoms with E-state index in [-0.39, 0.29) is 65.5 Å². The van der Waals surface area contributed by atoms with Gasteiger partial charge in [-0.2, -0.15) is 23.1 Å². The van der Waals surface area contributed by atoms with Gasteiger partial charge in [-0.1, -0.05) is 0 Å². The molecule has 0 atom stereocenters. The topological polar surface area (TPSA) is 199 Å². The molecule has 0 unspecified atom stereocenters. The number of likely N-dealkylation sites (N-methyl/N-ethyl adjacent to an activating group) is 1. The third kappa shape index (κ3) is 7.51. The number of nitrogens with zero attached hydrogens (tertiary/aromatic N) is 8. The lowest BCUT2D eigenvalue weighted by Crippen LogP contribution is -2.64. The molecule has 0 bridgehead atoms. The van der Waals surface area contributed by atoms with Gasteiger partial charge in [-0.25, -0.2) is 18.6 Å². The number of aliphatic hydroxyl groups excluding tert-OH is 1. The van der Waals surface area contributed by atoms with Crippen molar-refractivity contribution in [2.75, 3.05) is 49.5 Å². The molecule has 3 aromatic carbocycles. The molecular formula is C42H44F2N10O6S. The largest absolute Gasteiger partial charge is 0.453 e. The number of aromatic nitrogens is 4. The van der Waals surface area contributed by atoms with Crippen molar-refractivity contribution in [2.24, 2.45) is 12.5 Å². The summed E-state index contributed by atoms with van der Waals surface area (Å²) in [6, 6.07) is 12.1.